The van der Waals surface area contributed by atoms with Gasteiger partial charge in [-0.3, -0.25) is 4.79 Å². The molecule has 1 saturated heterocycles. The first-order valence-corrected chi connectivity index (χ1v) is 5.94. The number of methoxy groups -OCH3 is 1. The third-order valence-electron chi connectivity index (χ3n) is 3.27. The van der Waals surface area contributed by atoms with Gasteiger partial charge in [-0.15, -0.1) is 0 Å². The Morgan fingerprint density at radius 2 is 2.24 bits per heavy atom. The van der Waals surface area contributed by atoms with Crippen LogP contribution in [0, 0.1) is 12.8 Å². The highest BCUT2D eigenvalue weighted by molar-refractivity contribution is 6.02. The second-order valence-corrected chi connectivity index (χ2v) is 4.63. The molecule has 1 aliphatic rings. The average molecular weight is 234 g/mol. The largest absolute Gasteiger partial charge is 0.496 e. The molecule has 92 valence electrons. The smallest absolute Gasteiger partial charge is 0.195 e. The van der Waals surface area contributed by atoms with Gasteiger partial charge in [0, 0.05) is 6.61 Å². The van der Waals surface area contributed by atoms with Crippen molar-refractivity contribution in [2.45, 2.75) is 26.4 Å². The number of rotatable bonds is 3. The minimum Gasteiger partial charge on any atom is -0.496 e. The average Bonchev–Trinajstić information content (AvgIpc) is 2.74. The van der Waals surface area contributed by atoms with Crippen molar-refractivity contribution in [2.24, 2.45) is 5.92 Å². The molecule has 1 fully saturated rings. The van der Waals surface area contributed by atoms with E-state index in [2.05, 4.69) is 6.92 Å². The Balaban J connectivity index is 2.32. The van der Waals surface area contributed by atoms with E-state index in [9.17, 15) is 4.79 Å². The molecule has 0 bridgehead atoms. The lowest BCUT2D eigenvalue weighted by atomic mass is 9.95. The summed E-state index contributed by atoms with van der Waals surface area (Å²) in [6.45, 7) is 4.69. The Labute approximate surface area is 102 Å². The van der Waals surface area contributed by atoms with E-state index in [0.717, 1.165) is 12.0 Å². The van der Waals surface area contributed by atoms with Crippen LogP contribution in [0.3, 0.4) is 0 Å². The van der Waals surface area contributed by atoms with Gasteiger partial charge in [0.2, 0.25) is 0 Å². The number of hydrogen-bond donors (Lipinski definition) is 0. The zero-order valence-corrected chi connectivity index (χ0v) is 10.5. The van der Waals surface area contributed by atoms with Crippen LogP contribution in [0.25, 0.3) is 0 Å². The van der Waals surface area contributed by atoms with Crippen molar-refractivity contribution in [3.05, 3.63) is 29.3 Å². The first kappa shape index (κ1) is 12.1. The van der Waals surface area contributed by atoms with Crippen LogP contribution < -0.4 is 4.74 Å². The fraction of sp³-hybridized carbons (Fsp3) is 0.500. The van der Waals surface area contributed by atoms with E-state index in [1.807, 2.05) is 25.1 Å². The summed E-state index contributed by atoms with van der Waals surface area (Å²) in [4.78, 5) is 12.4. The van der Waals surface area contributed by atoms with Crippen LogP contribution in [-0.2, 0) is 4.74 Å². The number of benzene rings is 1. The molecule has 0 radical (unpaired) electrons. The number of Topliss-reactive ketones (excluding diaryl/α,β-unsaturated/α-hetero) is 1. The fourth-order valence-corrected chi connectivity index (χ4v) is 2.20. The number of carbonyl (C=O) groups is 1. The highest BCUT2D eigenvalue weighted by atomic mass is 16.5. The molecule has 0 aromatic heterocycles. The van der Waals surface area contributed by atoms with Crippen molar-refractivity contribution in [1.29, 1.82) is 0 Å². The van der Waals surface area contributed by atoms with Gasteiger partial charge in [-0.05, 0) is 31.4 Å². The SMILES string of the molecule is COc1ccc(C)cc1C(=O)C1OCCC1C. The quantitative estimate of drug-likeness (QED) is 0.754. The van der Waals surface area contributed by atoms with E-state index in [0.29, 0.717) is 17.9 Å². The van der Waals surface area contributed by atoms with Crippen LogP contribution in [0.5, 0.6) is 5.75 Å². The molecule has 2 atom stereocenters. The maximum Gasteiger partial charge on any atom is 0.195 e. The van der Waals surface area contributed by atoms with E-state index in [1.165, 1.54) is 0 Å². The summed E-state index contributed by atoms with van der Waals surface area (Å²) in [6, 6.07) is 5.65. The molecule has 3 heteroatoms. The van der Waals surface area contributed by atoms with Crippen molar-refractivity contribution in [3.63, 3.8) is 0 Å². The maximum absolute atomic E-state index is 12.4. The van der Waals surface area contributed by atoms with E-state index in [4.69, 9.17) is 9.47 Å². The standard InChI is InChI=1S/C14H18O3/c1-9-4-5-12(16-3)11(8-9)13(15)14-10(2)6-7-17-14/h4-5,8,10,14H,6-7H2,1-3H3. The van der Waals surface area contributed by atoms with Crippen LogP contribution >= 0.6 is 0 Å². The molecule has 0 aliphatic carbocycles. The topological polar surface area (TPSA) is 35.5 Å². The lowest BCUT2D eigenvalue weighted by Crippen LogP contribution is -2.25. The zero-order chi connectivity index (χ0) is 12.4. The summed E-state index contributed by atoms with van der Waals surface area (Å²) in [5.74, 6) is 0.951. The molecule has 2 unspecified atom stereocenters. The van der Waals surface area contributed by atoms with Gasteiger partial charge in [-0.2, -0.15) is 0 Å². The number of hydrogen-bond acceptors (Lipinski definition) is 3. The van der Waals surface area contributed by atoms with Crippen molar-refractivity contribution in [1.82, 2.24) is 0 Å². The Kier molecular flexibility index (Phi) is 3.48. The van der Waals surface area contributed by atoms with Gasteiger partial charge in [0.25, 0.3) is 0 Å². The number of ether oxygens (including phenoxy) is 2. The lowest BCUT2D eigenvalue weighted by molar-refractivity contribution is 0.0576. The molecule has 0 spiro atoms. The van der Waals surface area contributed by atoms with Crippen molar-refractivity contribution in [3.8, 4) is 5.75 Å². The van der Waals surface area contributed by atoms with Gasteiger partial charge < -0.3 is 9.47 Å². The van der Waals surface area contributed by atoms with Crippen LogP contribution in [0.2, 0.25) is 0 Å². The molecular formula is C14H18O3. The Morgan fingerprint density at radius 3 is 2.82 bits per heavy atom. The highest BCUT2D eigenvalue weighted by Gasteiger charge is 2.32. The minimum atomic E-state index is -0.314. The van der Waals surface area contributed by atoms with Crippen LogP contribution in [-0.4, -0.2) is 25.6 Å². The summed E-state index contributed by atoms with van der Waals surface area (Å²) >= 11 is 0. The van der Waals surface area contributed by atoms with Gasteiger partial charge in [0.05, 0.1) is 12.7 Å². The van der Waals surface area contributed by atoms with Crippen LogP contribution in [0.1, 0.15) is 29.3 Å². The summed E-state index contributed by atoms with van der Waals surface area (Å²) in [6.07, 6.45) is 0.635. The Hall–Kier alpha value is -1.35. The Bertz CT molecular complexity index is 425. The molecule has 1 heterocycles. The molecule has 0 amide bonds. The fourth-order valence-electron chi connectivity index (χ4n) is 2.20. The van der Waals surface area contributed by atoms with Crippen molar-refractivity contribution in [2.75, 3.05) is 13.7 Å². The number of carbonyl (C=O) groups excluding carboxylic acids is 1. The number of ketones is 1. The van der Waals surface area contributed by atoms with Crippen LogP contribution in [0.4, 0.5) is 0 Å². The van der Waals surface area contributed by atoms with Crippen molar-refractivity contribution < 1.29 is 14.3 Å². The molecule has 0 N–H and O–H groups in total. The van der Waals surface area contributed by atoms with E-state index < -0.39 is 0 Å². The third kappa shape index (κ3) is 2.34. The Morgan fingerprint density at radius 1 is 1.47 bits per heavy atom. The molecule has 1 aromatic carbocycles. The molecular weight excluding hydrogens is 216 g/mol. The number of aryl methyl sites for hydroxylation is 1. The summed E-state index contributed by atoms with van der Waals surface area (Å²) in [7, 11) is 1.58. The monoisotopic (exact) mass is 234 g/mol. The molecule has 1 aromatic rings. The summed E-state index contributed by atoms with van der Waals surface area (Å²) < 4.78 is 10.8. The second-order valence-electron chi connectivity index (χ2n) is 4.63. The highest BCUT2D eigenvalue weighted by Crippen LogP contribution is 2.28. The predicted molar refractivity (Wildman–Crippen MR) is 65.6 cm³/mol. The van der Waals surface area contributed by atoms with Gasteiger partial charge in [-0.25, -0.2) is 0 Å². The molecule has 0 saturated carbocycles. The van der Waals surface area contributed by atoms with Gasteiger partial charge >= 0.3 is 0 Å². The molecule has 2 rings (SSSR count). The van der Waals surface area contributed by atoms with E-state index >= 15 is 0 Å². The normalized spacial score (nSPS) is 23.7. The minimum absolute atomic E-state index is 0.0375. The molecule has 17 heavy (non-hydrogen) atoms. The summed E-state index contributed by atoms with van der Waals surface area (Å²) in [5.41, 5.74) is 1.69. The van der Waals surface area contributed by atoms with Gasteiger partial charge in [0.15, 0.2) is 5.78 Å². The lowest BCUT2D eigenvalue weighted by Gasteiger charge is -2.15. The van der Waals surface area contributed by atoms with E-state index in [-0.39, 0.29) is 17.8 Å². The maximum atomic E-state index is 12.4. The summed E-state index contributed by atoms with van der Waals surface area (Å²) in [5, 5.41) is 0. The molecule has 3 nitrogen and oxygen atoms in total. The zero-order valence-electron chi connectivity index (χ0n) is 10.5. The van der Waals surface area contributed by atoms with Crippen LogP contribution in [0.15, 0.2) is 18.2 Å². The van der Waals surface area contributed by atoms with Gasteiger partial charge in [-0.1, -0.05) is 18.6 Å². The third-order valence-corrected chi connectivity index (χ3v) is 3.27. The predicted octanol–water partition coefficient (Wildman–Crippen LogP) is 2.61. The van der Waals surface area contributed by atoms with E-state index in [1.54, 1.807) is 7.11 Å². The van der Waals surface area contributed by atoms with Crippen molar-refractivity contribution >= 4 is 5.78 Å². The second kappa shape index (κ2) is 4.88. The van der Waals surface area contributed by atoms with Gasteiger partial charge in [0.1, 0.15) is 11.9 Å². The first-order valence-electron chi connectivity index (χ1n) is 5.94. The first-order chi connectivity index (χ1) is 8.13. The molecule has 1 aliphatic heterocycles.